The molecule has 10 heteroatoms. The molecule has 0 spiro atoms. The van der Waals surface area contributed by atoms with Gasteiger partial charge in [0.15, 0.2) is 0 Å². The Balaban J connectivity index is 5.01. The predicted octanol–water partition coefficient (Wildman–Crippen LogP) is 23.5. The molecule has 9 nitrogen and oxygen atoms in total. The van der Waals surface area contributed by atoms with Gasteiger partial charge in [0.1, 0.15) is 19.3 Å². The van der Waals surface area contributed by atoms with Crippen LogP contribution in [0.25, 0.3) is 0 Å². The van der Waals surface area contributed by atoms with E-state index in [1.807, 2.05) is 33.3 Å². The van der Waals surface area contributed by atoms with Crippen molar-refractivity contribution in [1.29, 1.82) is 0 Å². The Kier molecular flexibility index (Phi) is 63.5. The lowest BCUT2D eigenvalue weighted by Gasteiger charge is -2.27. The highest BCUT2D eigenvalue weighted by Gasteiger charge is 2.30. The quantitative estimate of drug-likeness (QED) is 0.0205. The number of carbonyl (C=O) groups excluding carboxylic acids is 2. The number of likely N-dealkylation sites (N-methyl/N-ethyl adjacent to an activating group) is 1. The first-order valence-electron chi connectivity index (χ1n) is 36.8. The summed E-state index contributed by atoms with van der Waals surface area (Å²) in [6.45, 7) is 6.95. The minimum Gasteiger partial charge on any atom is -0.456 e. The van der Waals surface area contributed by atoms with Crippen LogP contribution in [0.15, 0.2) is 72.9 Å². The van der Waals surface area contributed by atoms with Gasteiger partial charge in [0.2, 0.25) is 5.91 Å². The fraction of sp³-hybridized carbons (Fsp3) is 0.816. The first-order chi connectivity index (χ1) is 41.9. The maximum Gasteiger partial charge on any atom is 0.472 e. The Morgan fingerprint density at radius 2 is 0.744 bits per heavy atom. The average molecular weight is 1230 g/mol. The summed E-state index contributed by atoms with van der Waals surface area (Å²) in [5, 5.41) is 3.08. The van der Waals surface area contributed by atoms with Gasteiger partial charge in [-0.15, -0.1) is 0 Å². The van der Waals surface area contributed by atoms with Crippen LogP contribution in [-0.2, 0) is 27.9 Å². The topological polar surface area (TPSA) is 111 Å². The molecule has 0 radical (unpaired) electrons. The van der Waals surface area contributed by atoms with E-state index in [1.165, 1.54) is 225 Å². The number of ether oxygens (including phenoxy) is 1. The van der Waals surface area contributed by atoms with Crippen LogP contribution in [0.5, 0.6) is 0 Å². The van der Waals surface area contributed by atoms with Gasteiger partial charge in [-0.2, -0.15) is 0 Å². The molecule has 0 aliphatic heterocycles. The number of hydrogen-bond acceptors (Lipinski definition) is 6. The van der Waals surface area contributed by atoms with E-state index in [-0.39, 0.29) is 25.1 Å². The average Bonchev–Trinajstić information content (AvgIpc) is 3.67. The largest absolute Gasteiger partial charge is 0.472 e. The molecule has 0 bridgehead atoms. The van der Waals surface area contributed by atoms with Crippen LogP contribution in [0.3, 0.4) is 0 Å². The summed E-state index contributed by atoms with van der Waals surface area (Å²) in [6, 6.07) is -0.851. The molecule has 0 heterocycles. The Hall–Kier alpha value is -2.55. The molecule has 1 amide bonds. The normalized spacial score (nSPS) is 13.9. The standard InChI is InChI=1S/C76H141N2O7P/c1-7-10-13-16-19-22-25-28-30-32-34-36-37-38-39-40-41-43-44-46-48-50-53-56-59-62-65-68-75(79)77-73(72-84-86(81,82)83-71-70-78(4,5)6)74(67-64-61-58-55-52-27-24-21-18-15-12-9-3)85-76(80)69-66-63-60-57-54-51-49-47-45-42-35-33-31-29-26-23-20-17-14-11-8-2/h10,13,19,22,28,30,34,36,38-39,64,67,73-74H,7-9,11-12,14-18,20-21,23-27,29,31-33,35,37,40-63,65-66,68-72H2,1-6H3,(H-,77,79,81,82)/p+1/b13-10-,22-19-,30-28-,36-34-,39-38-,67-64-. The van der Waals surface area contributed by atoms with Crippen LogP contribution < -0.4 is 5.32 Å². The molecule has 0 saturated carbocycles. The fourth-order valence-corrected chi connectivity index (χ4v) is 11.5. The monoisotopic (exact) mass is 1230 g/mol. The smallest absolute Gasteiger partial charge is 0.456 e. The van der Waals surface area contributed by atoms with E-state index in [9.17, 15) is 19.0 Å². The first-order valence-corrected chi connectivity index (χ1v) is 38.3. The number of esters is 1. The molecule has 502 valence electrons. The van der Waals surface area contributed by atoms with Gasteiger partial charge in [-0.1, -0.05) is 332 Å². The summed E-state index contributed by atoms with van der Waals surface area (Å²) in [6.07, 6.45) is 86.3. The summed E-state index contributed by atoms with van der Waals surface area (Å²) in [5.74, 6) is -0.494. The number of hydrogen-bond donors (Lipinski definition) is 2. The zero-order chi connectivity index (χ0) is 62.8. The molecule has 0 saturated heterocycles. The highest BCUT2D eigenvalue weighted by Crippen LogP contribution is 2.43. The van der Waals surface area contributed by atoms with Crippen molar-refractivity contribution in [3.8, 4) is 0 Å². The maximum absolute atomic E-state index is 13.6. The summed E-state index contributed by atoms with van der Waals surface area (Å²) in [4.78, 5) is 37.9. The summed E-state index contributed by atoms with van der Waals surface area (Å²) >= 11 is 0. The molecular weight excluding hydrogens is 1080 g/mol. The molecule has 3 atom stereocenters. The van der Waals surface area contributed by atoms with Gasteiger partial charge >= 0.3 is 13.8 Å². The van der Waals surface area contributed by atoms with E-state index in [0.717, 1.165) is 89.9 Å². The van der Waals surface area contributed by atoms with E-state index in [4.69, 9.17) is 13.8 Å². The predicted molar refractivity (Wildman–Crippen MR) is 374 cm³/mol. The molecule has 86 heavy (non-hydrogen) atoms. The van der Waals surface area contributed by atoms with Crippen molar-refractivity contribution in [2.75, 3.05) is 40.9 Å². The summed E-state index contributed by atoms with van der Waals surface area (Å²) in [7, 11) is 1.50. The molecule has 0 aliphatic carbocycles. The minimum absolute atomic E-state index is 0.0396. The van der Waals surface area contributed by atoms with Crippen LogP contribution in [0, 0.1) is 0 Å². The van der Waals surface area contributed by atoms with Crippen LogP contribution in [0.1, 0.15) is 348 Å². The number of amides is 1. The molecule has 0 fully saturated rings. The number of rotatable bonds is 67. The molecule has 2 N–H and O–H groups in total. The SMILES string of the molecule is CC/C=C\C/C=C\C/C=C\C/C=C\C/C=C\CCCCCCCCCCCCCC(=O)NC(COP(=O)(O)OCC[N+](C)(C)C)C(/C=C\CCCCCCCCCCCC)OC(=O)CCCCCCCCCCCCCCCCCCCCCCC. The molecule has 0 aromatic carbocycles. The highest BCUT2D eigenvalue weighted by atomic mass is 31.2. The summed E-state index contributed by atoms with van der Waals surface area (Å²) < 4.78 is 30.9. The van der Waals surface area contributed by atoms with Crippen molar-refractivity contribution in [2.45, 2.75) is 360 Å². The lowest BCUT2D eigenvalue weighted by Crippen LogP contribution is -2.47. The molecule has 0 aromatic heterocycles. The van der Waals surface area contributed by atoms with E-state index in [0.29, 0.717) is 23.9 Å². The van der Waals surface area contributed by atoms with Crippen molar-refractivity contribution < 1.29 is 37.3 Å². The molecule has 0 aromatic rings. The minimum atomic E-state index is -4.46. The third-order valence-electron chi connectivity index (χ3n) is 16.4. The van der Waals surface area contributed by atoms with Gasteiger partial charge < -0.3 is 19.4 Å². The van der Waals surface area contributed by atoms with Gasteiger partial charge in [-0.3, -0.25) is 18.6 Å². The number of phosphoric acid groups is 1. The van der Waals surface area contributed by atoms with Crippen LogP contribution in [0.4, 0.5) is 0 Å². The molecular formula is C76H142N2O7P+. The number of unbranched alkanes of at least 4 members (excludes halogenated alkanes) is 41. The zero-order valence-corrected chi connectivity index (χ0v) is 58.5. The third kappa shape index (κ3) is 65.9. The van der Waals surface area contributed by atoms with Crippen molar-refractivity contribution in [2.24, 2.45) is 0 Å². The Morgan fingerprint density at radius 3 is 1.12 bits per heavy atom. The second kappa shape index (κ2) is 65.4. The second-order valence-electron chi connectivity index (χ2n) is 26.1. The summed E-state index contributed by atoms with van der Waals surface area (Å²) in [5.41, 5.74) is 0. The van der Waals surface area contributed by atoms with Gasteiger partial charge in [0.05, 0.1) is 33.8 Å². The van der Waals surface area contributed by atoms with Crippen molar-refractivity contribution in [3.63, 3.8) is 0 Å². The number of nitrogens with one attached hydrogen (secondary N) is 1. The van der Waals surface area contributed by atoms with Crippen LogP contribution in [-0.4, -0.2) is 74.3 Å². The van der Waals surface area contributed by atoms with Crippen molar-refractivity contribution in [1.82, 2.24) is 5.32 Å². The van der Waals surface area contributed by atoms with E-state index in [1.54, 1.807) is 0 Å². The molecule has 0 aliphatic rings. The lowest BCUT2D eigenvalue weighted by molar-refractivity contribution is -0.870. The van der Waals surface area contributed by atoms with E-state index in [2.05, 4.69) is 86.8 Å². The molecule has 0 rings (SSSR count). The zero-order valence-electron chi connectivity index (χ0n) is 57.6. The van der Waals surface area contributed by atoms with Gasteiger partial charge in [0.25, 0.3) is 0 Å². The Labute approximate surface area is 533 Å². The second-order valence-corrected chi connectivity index (χ2v) is 27.5. The Bertz CT molecular complexity index is 1700. The van der Waals surface area contributed by atoms with E-state index < -0.39 is 20.0 Å². The number of nitrogens with zero attached hydrogens (tertiary/aromatic N) is 1. The van der Waals surface area contributed by atoms with Crippen LogP contribution in [0.2, 0.25) is 0 Å². The number of allylic oxidation sites excluding steroid dienone is 11. The van der Waals surface area contributed by atoms with E-state index >= 15 is 0 Å². The Morgan fingerprint density at radius 1 is 0.419 bits per heavy atom. The number of phosphoric ester groups is 1. The van der Waals surface area contributed by atoms with Gasteiger partial charge in [-0.05, 0) is 76.7 Å². The highest BCUT2D eigenvalue weighted by molar-refractivity contribution is 7.47. The maximum atomic E-state index is 13.6. The first kappa shape index (κ1) is 83.5. The van der Waals surface area contributed by atoms with Gasteiger partial charge in [0, 0.05) is 12.8 Å². The van der Waals surface area contributed by atoms with Crippen molar-refractivity contribution in [3.05, 3.63) is 72.9 Å². The molecule has 3 unspecified atom stereocenters. The van der Waals surface area contributed by atoms with Gasteiger partial charge in [-0.25, -0.2) is 4.57 Å². The lowest BCUT2D eigenvalue weighted by atomic mass is 10.0. The van der Waals surface area contributed by atoms with Crippen molar-refractivity contribution >= 4 is 19.7 Å². The number of quaternary nitrogens is 1. The van der Waals surface area contributed by atoms with Crippen LogP contribution >= 0.6 is 7.82 Å². The number of carbonyl (C=O) groups is 2. The fourth-order valence-electron chi connectivity index (χ4n) is 10.8. The third-order valence-corrected chi connectivity index (χ3v) is 17.4.